The van der Waals surface area contributed by atoms with Gasteiger partial charge in [-0.15, -0.1) is 0 Å². The van der Waals surface area contributed by atoms with Gasteiger partial charge in [0.05, 0.1) is 18.1 Å². The number of anilines is 2. The molecule has 1 fully saturated rings. The van der Waals surface area contributed by atoms with Gasteiger partial charge >= 0.3 is 0 Å². The first-order chi connectivity index (χ1) is 12.4. The second-order valence-electron chi connectivity index (χ2n) is 6.35. The molecule has 1 aliphatic heterocycles. The van der Waals surface area contributed by atoms with Gasteiger partial charge in [0.15, 0.2) is 5.78 Å². The fourth-order valence-electron chi connectivity index (χ4n) is 2.91. The van der Waals surface area contributed by atoms with E-state index in [9.17, 15) is 13.2 Å². The number of nitrogens with zero attached hydrogens (tertiary/aromatic N) is 1. The van der Waals surface area contributed by atoms with Crippen molar-refractivity contribution in [2.45, 2.75) is 24.8 Å². The molecule has 0 radical (unpaired) electrons. The van der Waals surface area contributed by atoms with Crippen LogP contribution >= 0.6 is 0 Å². The maximum atomic E-state index is 12.5. The number of ether oxygens (including phenoxy) is 1. The van der Waals surface area contributed by atoms with Crippen molar-refractivity contribution in [3.05, 3.63) is 54.1 Å². The predicted molar refractivity (Wildman–Crippen MR) is 101 cm³/mol. The average molecular weight is 374 g/mol. The smallest absolute Gasteiger partial charge is 0.261 e. The van der Waals surface area contributed by atoms with Gasteiger partial charge in [0, 0.05) is 29.5 Å². The molecule has 1 atom stereocenters. The van der Waals surface area contributed by atoms with Crippen LogP contribution in [0.15, 0.2) is 53.4 Å². The molecular formula is C19H22N2O4S. The van der Waals surface area contributed by atoms with Crippen LogP contribution in [0.4, 0.5) is 11.4 Å². The van der Waals surface area contributed by atoms with Crippen molar-refractivity contribution in [3.63, 3.8) is 0 Å². The van der Waals surface area contributed by atoms with E-state index in [0.717, 1.165) is 12.2 Å². The molecule has 0 amide bonds. The topological polar surface area (TPSA) is 75.7 Å². The van der Waals surface area contributed by atoms with Crippen LogP contribution in [-0.2, 0) is 14.8 Å². The summed E-state index contributed by atoms with van der Waals surface area (Å²) in [6, 6.07) is 13.5. The number of hydrogen-bond acceptors (Lipinski definition) is 5. The molecule has 1 aliphatic rings. The van der Waals surface area contributed by atoms with Crippen molar-refractivity contribution in [3.8, 4) is 0 Å². The maximum Gasteiger partial charge on any atom is 0.261 e. The van der Waals surface area contributed by atoms with Crippen LogP contribution in [-0.4, -0.2) is 40.0 Å². The van der Waals surface area contributed by atoms with Crippen molar-refractivity contribution in [1.82, 2.24) is 0 Å². The standard InChI is InChI=1S/C19H22N2O4S/c1-14-13-25-12-11-21(14)18-7-5-17(6-8-18)20-26(23,24)19-9-3-16(4-10-19)15(2)22/h3-10,14,20H,11-13H2,1-2H3. The molecule has 0 saturated carbocycles. The number of ketones is 1. The molecule has 1 heterocycles. The summed E-state index contributed by atoms with van der Waals surface area (Å²) in [5.74, 6) is -0.102. The van der Waals surface area contributed by atoms with E-state index in [-0.39, 0.29) is 16.7 Å². The largest absolute Gasteiger partial charge is 0.377 e. The maximum absolute atomic E-state index is 12.5. The summed E-state index contributed by atoms with van der Waals surface area (Å²) in [6.45, 7) is 5.73. The van der Waals surface area contributed by atoms with Gasteiger partial charge in [-0.1, -0.05) is 12.1 Å². The highest BCUT2D eigenvalue weighted by Crippen LogP contribution is 2.23. The van der Waals surface area contributed by atoms with Crippen LogP contribution in [0.25, 0.3) is 0 Å². The summed E-state index contributed by atoms with van der Waals surface area (Å²) in [5.41, 5.74) is 2.01. The Morgan fingerprint density at radius 2 is 1.77 bits per heavy atom. The predicted octanol–water partition coefficient (Wildman–Crippen LogP) is 2.92. The van der Waals surface area contributed by atoms with Gasteiger partial charge in [-0.25, -0.2) is 8.42 Å². The molecule has 1 N–H and O–H groups in total. The molecule has 26 heavy (non-hydrogen) atoms. The third-order valence-corrected chi connectivity index (χ3v) is 5.79. The lowest BCUT2D eigenvalue weighted by atomic mass is 10.2. The lowest BCUT2D eigenvalue weighted by Gasteiger charge is -2.35. The highest BCUT2D eigenvalue weighted by atomic mass is 32.2. The lowest BCUT2D eigenvalue weighted by Crippen LogP contribution is -2.43. The molecule has 138 valence electrons. The molecule has 1 unspecified atom stereocenters. The number of nitrogens with one attached hydrogen (secondary N) is 1. The zero-order valence-electron chi connectivity index (χ0n) is 14.8. The fourth-order valence-corrected chi connectivity index (χ4v) is 3.97. The van der Waals surface area contributed by atoms with Crippen molar-refractivity contribution < 1.29 is 17.9 Å². The van der Waals surface area contributed by atoms with Gasteiger partial charge in [-0.05, 0) is 50.2 Å². The molecule has 0 aromatic heterocycles. The summed E-state index contributed by atoms with van der Waals surface area (Å²) in [7, 11) is -3.70. The molecule has 0 aliphatic carbocycles. The first kappa shape index (κ1) is 18.4. The van der Waals surface area contributed by atoms with Crippen LogP contribution in [0.1, 0.15) is 24.2 Å². The summed E-state index contributed by atoms with van der Waals surface area (Å²) in [5, 5.41) is 0. The zero-order chi connectivity index (χ0) is 18.7. The third kappa shape index (κ3) is 4.05. The Kier molecular flexibility index (Phi) is 5.29. The first-order valence-electron chi connectivity index (χ1n) is 8.45. The Bertz CT molecular complexity index is 877. The normalized spacial score (nSPS) is 17.8. The Morgan fingerprint density at radius 3 is 2.35 bits per heavy atom. The fraction of sp³-hybridized carbons (Fsp3) is 0.316. The number of Topliss-reactive ketones (excluding diaryl/α,β-unsaturated/α-hetero) is 1. The summed E-state index contributed by atoms with van der Waals surface area (Å²) >= 11 is 0. The van der Waals surface area contributed by atoms with Crippen molar-refractivity contribution in [2.24, 2.45) is 0 Å². The van der Waals surface area contributed by atoms with Gasteiger partial charge in [0.1, 0.15) is 0 Å². The van der Waals surface area contributed by atoms with Crippen molar-refractivity contribution >= 4 is 27.2 Å². The van der Waals surface area contributed by atoms with E-state index in [2.05, 4.69) is 16.5 Å². The van der Waals surface area contributed by atoms with Crippen LogP contribution in [0.3, 0.4) is 0 Å². The lowest BCUT2D eigenvalue weighted by molar-refractivity contribution is 0.0989. The van der Waals surface area contributed by atoms with Gasteiger partial charge in [0.2, 0.25) is 0 Å². The Morgan fingerprint density at radius 1 is 1.12 bits per heavy atom. The molecule has 0 spiro atoms. The molecule has 7 heteroatoms. The highest BCUT2D eigenvalue weighted by molar-refractivity contribution is 7.92. The molecule has 2 aromatic rings. The first-order valence-corrected chi connectivity index (χ1v) is 9.93. The second kappa shape index (κ2) is 7.47. The number of rotatable bonds is 5. The SMILES string of the molecule is CC(=O)c1ccc(S(=O)(=O)Nc2ccc(N3CCOCC3C)cc2)cc1. The second-order valence-corrected chi connectivity index (χ2v) is 8.03. The van der Waals surface area contributed by atoms with E-state index in [1.807, 2.05) is 12.1 Å². The molecule has 6 nitrogen and oxygen atoms in total. The summed E-state index contributed by atoms with van der Waals surface area (Å²) in [4.78, 5) is 13.7. The van der Waals surface area contributed by atoms with E-state index in [1.165, 1.54) is 31.2 Å². The minimum atomic E-state index is -3.70. The molecule has 3 rings (SSSR count). The number of carbonyl (C=O) groups is 1. The Labute approximate surface area is 153 Å². The number of morpholine rings is 1. The third-order valence-electron chi connectivity index (χ3n) is 4.39. The van der Waals surface area contributed by atoms with Gasteiger partial charge in [0.25, 0.3) is 10.0 Å². The van der Waals surface area contributed by atoms with Gasteiger partial charge < -0.3 is 9.64 Å². The summed E-state index contributed by atoms with van der Waals surface area (Å²) in [6.07, 6.45) is 0. The van der Waals surface area contributed by atoms with Crippen LogP contribution in [0, 0.1) is 0 Å². The van der Waals surface area contributed by atoms with Crippen LogP contribution < -0.4 is 9.62 Å². The van der Waals surface area contributed by atoms with Crippen molar-refractivity contribution in [2.75, 3.05) is 29.4 Å². The van der Waals surface area contributed by atoms with E-state index in [0.29, 0.717) is 24.5 Å². The van der Waals surface area contributed by atoms with Crippen LogP contribution in [0.2, 0.25) is 0 Å². The number of benzene rings is 2. The Balaban J connectivity index is 1.74. The van der Waals surface area contributed by atoms with E-state index >= 15 is 0 Å². The van der Waals surface area contributed by atoms with Gasteiger partial charge in [-0.3, -0.25) is 9.52 Å². The van der Waals surface area contributed by atoms with E-state index in [1.54, 1.807) is 12.1 Å². The van der Waals surface area contributed by atoms with E-state index in [4.69, 9.17) is 4.74 Å². The monoisotopic (exact) mass is 374 g/mol. The Hall–Kier alpha value is -2.38. The molecular weight excluding hydrogens is 352 g/mol. The summed E-state index contributed by atoms with van der Waals surface area (Å²) < 4.78 is 33.0. The molecule has 2 aromatic carbocycles. The minimum absolute atomic E-state index is 0.102. The van der Waals surface area contributed by atoms with Crippen molar-refractivity contribution in [1.29, 1.82) is 0 Å². The minimum Gasteiger partial charge on any atom is -0.377 e. The van der Waals surface area contributed by atoms with Crippen LogP contribution in [0.5, 0.6) is 0 Å². The number of carbonyl (C=O) groups excluding carboxylic acids is 1. The number of hydrogen-bond donors (Lipinski definition) is 1. The average Bonchev–Trinajstić information content (AvgIpc) is 2.63. The molecule has 1 saturated heterocycles. The number of sulfonamides is 1. The van der Waals surface area contributed by atoms with Gasteiger partial charge in [-0.2, -0.15) is 0 Å². The molecule has 0 bridgehead atoms. The highest BCUT2D eigenvalue weighted by Gasteiger charge is 2.19. The van der Waals surface area contributed by atoms with E-state index < -0.39 is 10.0 Å². The quantitative estimate of drug-likeness (QED) is 0.815. The zero-order valence-corrected chi connectivity index (χ0v) is 15.6.